The summed E-state index contributed by atoms with van der Waals surface area (Å²) in [5, 5.41) is 9.18. The van der Waals surface area contributed by atoms with Crippen LogP contribution in [-0.4, -0.2) is 36.2 Å². The Balaban J connectivity index is 1.59. The van der Waals surface area contributed by atoms with Gasteiger partial charge in [-0.05, 0) is 98.7 Å². The molecule has 0 unspecified atom stereocenters. The molecule has 180 valence electrons. The maximum Gasteiger partial charge on any atom is 0.303 e. The van der Waals surface area contributed by atoms with Gasteiger partial charge < -0.3 is 14.6 Å². The maximum absolute atomic E-state index is 11.6. The molecule has 0 aromatic carbocycles. The molecule has 0 aromatic rings. The van der Waals surface area contributed by atoms with Crippen LogP contribution in [0.5, 0.6) is 0 Å². The van der Waals surface area contributed by atoms with Gasteiger partial charge in [-0.2, -0.15) is 0 Å². The van der Waals surface area contributed by atoms with E-state index in [9.17, 15) is 19.5 Å². The van der Waals surface area contributed by atoms with Crippen LogP contribution in [0.3, 0.4) is 0 Å². The first-order valence-corrected chi connectivity index (χ1v) is 12.7. The van der Waals surface area contributed by atoms with E-state index in [1.807, 2.05) is 0 Å². The summed E-state index contributed by atoms with van der Waals surface area (Å²) in [6, 6.07) is 0. The third-order valence-corrected chi connectivity index (χ3v) is 10.7. The number of carbonyl (C=O) groups excluding carboxylic acids is 2. The van der Waals surface area contributed by atoms with Crippen molar-refractivity contribution in [2.75, 3.05) is 0 Å². The number of carbonyl (C=O) groups is 3. The lowest BCUT2D eigenvalue weighted by Gasteiger charge is -2.62. The molecule has 4 saturated carbocycles. The lowest BCUT2D eigenvalue weighted by Crippen LogP contribution is -2.59. The van der Waals surface area contributed by atoms with Crippen molar-refractivity contribution in [3.05, 3.63) is 0 Å². The Kier molecular flexibility index (Phi) is 6.61. The van der Waals surface area contributed by atoms with E-state index < -0.39 is 5.97 Å². The van der Waals surface area contributed by atoms with Crippen LogP contribution in [0, 0.1) is 46.3 Å². The van der Waals surface area contributed by atoms with E-state index >= 15 is 0 Å². The van der Waals surface area contributed by atoms with Crippen LogP contribution in [0.1, 0.15) is 85.0 Å². The van der Waals surface area contributed by atoms with Gasteiger partial charge in [-0.3, -0.25) is 14.4 Å². The highest BCUT2D eigenvalue weighted by Gasteiger charge is 2.64. The van der Waals surface area contributed by atoms with Crippen molar-refractivity contribution in [2.45, 2.75) is 97.2 Å². The Labute approximate surface area is 191 Å². The number of ether oxygens (including phenoxy) is 2. The van der Waals surface area contributed by atoms with Gasteiger partial charge in [0.1, 0.15) is 12.2 Å². The number of rotatable bonds is 8. The molecule has 0 aromatic heterocycles. The monoisotopic (exact) mass is 448 g/mol. The summed E-state index contributed by atoms with van der Waals surface area (Å²) in [4.78, 5) is 33.6. The first-order chi connectivity index (χ1) is 15.3. The van der Waals surface area contributed by atoms with Crippen molar-refractivity contribution in [1.82, 2.24) is 0 Å². The second-order valence-electron chi connectivity index (χ2n) is 11.7. The van der Waals surface area contributed by atoms with Gasteiger partial charge in [-0.1, -0.05) is 20.8 Å². The normalized spacial score (nSPS) is 46.2. The molecule has 32 heavy (non-hydrogen) atoms. The molecule has 1 N–H and O–H groups in total. The molecule has 0 aliphatic heterocycles. The van der Waals surface area contributed by atoms with E-state index in [0.29, 0.717) is 54.9 Å². The lowest BCUT2D eigenvalue weighted by atomic mass is 9.43. The van der Waals surface area contributed by atoms with Crippen LogP contribution in [-0.2, 0) is 23.9 Å². The van der Waals surface area contributed by atoms with E-state index in [0.717, 1.165) is 38.5 Å². The molecule has 4 aliphatic carbocycles. The van der Waals surface area contributed by atoms with E-state index in [-0.39, 0.29) is 29.5 Å². The van der Waals surface area contributed by atoms with Crippen molar-refractivity contribution in [3.8, 4) is 0 Å². The molecule has 10 atom stereocenters. The number of fused-ring (bicyclic) bond motifs is 5. The van der Waals surface area contributed by atoms with Crippen molar-refractivity contribution < 1.29 is 29.0 Å². The zero-order valence-corrected chi connectivity index (χ0v) is 19.8. The van der Waals surface area contributed by atoms with Crippen LogP contribution in [0.2, 0.25) is 0 Å². The van der Waals surface area contributed by atoms with Crippen LogP contribution < -0.4 is 0 Å². The zero-order valence-electron chi connectivity index (χ0n) is 19.8. The predicted molar refractivity (Wildman–Crippen MR) is 119 cm³/mol. The number of carboxylic acid groups (broad SMARTS) is 1. The van der Waals surface area contributed by atoms with Crippen LogP contribution >= 0.6 is 0 Å². The van der Waals surface area contributed by atoms with Crippen LogP contribution in [0.4, 0.5) is 0 Å². The van der Waals surface area contributed by atoms with Crippen LogP contribution in [0.25, 0.3) is 0 Å². The summed E-state index contributed by atoms with van der Waals surface area (Å²) in [7, 11) is 0. The highest BCUT2D eigenvalue weighted by atomic mass is 16.5. The first-order valence-electron chi connectivity index (χ1n) is 12.7. The molecule has 6 nitrogen and oxygen atoms in total. The van der Waals surface area contributed by atoms with Gasteiger partial charge in [0.2, 0.25) is 0 Å². The molecule has 4 fully saturated rings. The van der Waals surface area contributed by atoms with Gasteiger partial charge in [0, 0.05) is 11.8 Å². The van der Waals surface area contributed by atoms with E-state index in [4.69, 9.17) is 9.47 Å². The average Bonchev–Trinajstić information content (AvgIpc) is 3.11. The fourth-order valence-corrected chi connectivity index (χ4v) is 9.14. The molecule has 0 radical (unpaired) electrons. The average molecular weight is 449 g/mol. The Morgan fingerprint density at radius 2 is 1.78 bits per heavy atom. The van der Waals surface area contributed by atoms with Gasteiger partial charge in [0.05, 0.1) is 0 Å². The molecule has 4 rings (SSSR count). The summed E-state index contributed by atoms with van der Waals surface area (Å²) >= 11 is 0. The van der Waals surface area contributed by atoms with Crippen LogP contribution in [0.15, 0.2) is 0 Å². The summed E-state index contributed by atoms with van der Waals surface area (Å²) in [5.74, 6) is 2.18. The van der Waals surface area contributed by atoms with Gasteiger partial charge in [0.15, 0.2) is 0 Å². The molecular weight excluding hydrogens is 408 g/mol. The fourth-order valence-electron chi connectivity index (χ4n) is 9.14. The topological polar surface area (TPSA) is 89.9 Å². The largest absolute Gasteiger partial charge is 0.481 e. The quantitative estimate of drug-likeness (QED) is 0.535. The smallest absolute Gasteiger partial charge is 0.303 e. The minimum absolute atomic E-state index is 0.0453. The lowest BCUT2D eigenvalue weighted by molar-refractivity contribution is -0.190. The molecule has 4 aliphatic rings. The third kappa shape index (κ3) is 3.75. The Morgan fingerprint density at radius 1 is 1.03 bits per heavy atom. The maximum atomic E-state index is 11.6. The number of aliphatic carboxylic acids is 1. The second kappa shape index (κ2) is 8.98. The number of hydrogen-bond acceptors (Lipinski definition) is 5. The van der Waals surface area contributed by atoms with Gasteiger partial charge >= 0.3 is 5.97 Å². The summed E-state index contributed by atoms with van der Waals surface area (Å²) < 4.78 is 11.2. The second-order valence-corrected chi connectivity index (χ2v) is 11.7. The zero-order chi connectivity index (χ0) is 23.1. The van der Waals surface area contributed by atoms with Gasteiger partial charge in [-0.15, -0.1) is 0 Å². The van der Waals surface area contributed by atoms with E-state index in [2.05, 4.69) is 20.8 Å². The molecular formula is C26H40O6. The predicted octanol–water partition coefficient (Wildman–Crippen LogP) is 4.84. The standard InChI is InChI=1S/C26H40O6/c1-16(4-9-24(29)30)20-7-8-21-19-6-5-17-12-18(31-14-27)10-11-25(17,2)22(19)13-23(32-15-28)26(20,21)3/h14-23H,4-13H2,1-3H3,(H,29,30)/t16-,17+,18+,19+,20-,21+,22+,23-,25+,26-/m1/s1. The molecule has 6 heteroatoms. The fraction of sp³-hybridized carbons (Fsp3) is 0.885. The summed E-state index contributed by atoms with van der Waals surface area (Å²) in [5.41, 5.74) is 0.117. The molecule has 0 spiro atoms. The van der Waals surface area contributed by atoms with Crippen molar-refractivity contribution in [3.63, 3.8) is 0 Å². The first kappa shape index (κ1) is 23.6. The Hall–Kier alpha value is -1.59. The highest BCUT2D eigenvalue weighted by Crippen LogP contribution is 2.68. The SMILES string of the molecule is C[C@H](CCC(=O)O)[C@H]1CC[C@H]2[C@@H]3CC[C@H]4C[C@@H](OC=O)CC[C@]4(C)[C@H]3C[C@@H](OC=O)[C@]12C. The summed E-state index contributed by atoms with van der Waals surface area (Å²) in [6.45, 7) is 8.21. The minimum Gasteiger partial charge on any atom is -0.481 e. The third-order valence-electron chi connectivity index (χ3n) is 10.7. The number of carboxylic acids is 1. The molecule has 0 saturated heterocycles. The van der Waals surface area contributed by atoms with Crippen molar-refractivity contribution in [2.24, 2.45) is 46.3 Å². The molecule has 0 amide bonds. The number of hydrogen-bond donors (Lipinski definition) is 1. The van der Waals surface area contributed by atoms with E-state index in [1.54, 1.807) is 0 Å². The Morgan fingerprint density at radius 3 is 2.47 bits per heavy atom. The molecule has 0 bridgehead atoms. The van der Waals surface area contributed by atoms with Gasteiger partial charge in [-0.25, -0.2) is 0 Å². The highest BCUT2D eigenvalue weighted by molar-refractivity contribution is 5.66. The van der Waals surface area contributed by atoms with E-state index in [1.165, 1.54) is 12.8 Å². The Bertz CT molecular complexity index is 723. The minimum atomic E-state index is -0.735. The summed E-state index contributed by atoms with van der Waals surface area (Å²) in [6.07, 6.45) is 9.29. The van der Waals surface area contributed by atoms with Crippen molar-refractivity contribution in [1.29, 1.82) is 0 Å². The van der Waals surface area contributed by atoms with Gasteiger partial charge in [0.25, 0.3) is 12.9 Å². The van der Waals surface area contributed by atoms with Crippen molar-refractivity contribution >= 4 is 18.9 Å². The molecule has 0 heterocycles.